The van der Waals surface area contributed by atoms with Gasteiger partial charge in [0, 0.05) is 43.9 Å². The van der Waals surface area contributed by atoms with Gasteiger partial charge in [-0.25, -0.2) is 9.97 Å². The third kappa shape index (κ3) is 6.90. The fourth-order valence-electron chi connectivity index (χ4n) is 12.0. The largest absolute Gasteiger partial charge is 0.456 e. The highest BCUT2D eigenvalue weighted by atomic mass is 28.3. The number of para-hydroxylation sites is 3. The lowest BCUT2D eigenvalue weighted by molar-refractivity contribution is 0.669. The highest BCUT2D eigenvalue weighted by Gasteiger charge is 2.48. The van der Waals surface area contributed by atoms with Crippen molar-refractivity contribution in [3.05, 3.63) is 273 Å². The summed E-state index contributed by atoms with van der Waals surface area (Å²) >= 11 is 0. The van der Waals surface area contributed by atoms with Crippen LogP contribution >= 0.6 is 0 Å². The van der Waals surface area contributed by atoms with Crippen LogP contribution in [0.15, 0.2) is 277 Å². The molecule has 15 rings (SSSR count). The summed E-state index contributed by atoms with van der Waals surface area (Å²) in [6.45, 7) is 0. The highest BCUT2D eigenvalue weighted by Crippen LogP contribution is 2.37. The Bertz CT molecular complexity index is 4400. The average Bonchev–Trinajstić information content (AvgIpc) is 4.21. The molecule has 1 aliphatic heterocycles. The van der Waals surface area contributed by atoms with E-state index >= 15 is 0 Å². The summed E-state index contributed by atoms with van der Waals surface area (Å²) in [5.74, 6) is 0.673. The van der Waals surface area contributed by atoms with Crippen LogP contribution in [-0.2, 0) is 0 Å². The van der Waals surface area contributed by atoms with Gasteiger partial charge in [-0.1, -0.05) is 224 Å². The maximum absolute atomic E-state index is 6.15. The molecule has 4 heterocycles. The Labute approximate surface area is 435 Å². The minimum absolute atomic E-state index is 0.673. The Balaban J connectivity index is 0.798. The molecule has 0 bridgehead atoms. The van der Waals surface area contributed by atoms with Crippen molar-refractivity contribution in [2.75, 3.05) is 0 Å². The smallest absolute Gasteiger partial charge is 0.180 e. The second-order valence-electron chi connectivity index (χ2n) is 19.6. The van der Waals surface area contributed by atoms with Crippen LogP contribution in [0.3, 0.4) is 0 Å². The molecule has 1 aliphatic rings. The first-order valence-corrected chi connectivity index (χ1v) is 27.6. The van der Waals surface area contributed by atoms with E-state index in [1.54, 1.807) is 0 Å². The van der Waals surface area contributed by atoms with E-state index < -0.39 is 8.07 Å². The molecule has 0 fully saturated rings. The summed E-state index contributed by atoms with van der Waals surface area (Å²) in [4.78, 5) is 10.6. The normalized spacial score (nSPS) is 12.6. The third-order valence-corrected chi connectivity index (χ3v) is 20.5. The van der Waals surface area contributed by atoms with Crippen molar-refractivity contribution in [2.45, 2.75) is 0 Å². The Hall–Kier alpha value is -9.68. The number of nitrogens with zero attached hydrogens (tertiary/aromatic N) is 3. The standard InChI is InChI=1S/C70H45N3OSi/c1-2-14-54(15-3-1)75(68-24-12-7-19-59(68)60-20-8-13-25-69(60)75)55-41-36-47(37-42-55)46-28-32-51(33-29-46)70-71-62(49-30-26-48(27-31-49)52-38-43-67-61(44-52)58-18-6-11-23-66(58)74-67)45-63(72-70)50-34-39-53(40-35-50)73-64-21-9-4-16-56(64)57-17-5-10-22-65(57)73/h1-45H. The van der Waals surface area contributed by atoms with Crippen molar-refractivity contribution >= 4 is 72.6 Å². The summed E-state index contributed by atoms with van der Waals surface area (Å²) < 4.78 is 8.50. The molecule has 11 aromatic carbocycles. The lowest BCUT2D eigenvalue weighted by Crippen LogP contribution is -2.72. The van der Waals surface area contributed by atoms with Crippen LogP contribution in [0.1, 0.15) is 0 Å². The molecule has 14 aromatic rings. The van der Waals surface area contributed by atoms with Crippen molar-refractivity contribution in [1.29, 1.82) is 0 Å². The predicted octanol–water partition coefficient (Wildman–Crippen LogP) is 15.2. The van der Waals surface area contributed by atoms with E-state index in [0.29, 0.717) is 5.82 Å². The van der Waals surface area contributed by atoms with Gasteiger partial charge in [0.1, 0.15) is 11.2 Å². The van der Waals surface area contributed by atoms with Crippen LogP contribution < -0.4 is 20.7 Å². The molecule has 0 saturated heterocycles. The zero-order chi connectivity index (χ0) is 49.5. The minimum Gasteiger partial charge on any atom is -0.456 e. The number of furan rings is 1. The number of aromatic nitrogens is 3. The van der Waals surface area contributed by atoms with Crippen molar-refractivity contribution in [2.24, 2.45) is 0 Å². The van der Waals surface area contributed by atoms with Crippen LogP contribution in [0.4, 0.5) is 0 Å². The zero-order valence-corrected chi connectivity index (χ0v) is 41.7. The maximum atomic E-state index is 6.15. The van der Waals surface area contributed by atoms with E-state index in [0.717, 1.165) is 72.4 Å². The van der Waals surface area contributed by atoms with Gasteiger partial charge in [0.15, 0.2) is 13.9 Å². The fourth-order valence-corrected chi connectivity index (χ4v) is 17.2. The van der Waals surface area contributed by atoms with Crippen molar-refractivity contribution < 1.29 is 4.42 Å². The minimum atomic E-state index is -2.57. The molecule has 75 heavy (non-hydrogen) atoms. The molecular weight excluding hydrogens is 927 g/mol. The number of hydrogen-bond donors (Lipinski definition) is 0. The summed E-state index contributed by atoms with van der Waals surface area (Å²) in [6, 6.07) is 99.0. The molecule has 350 valence electrons. The number of hydrogen-bond acceptors (Lipinski definition) is 3. The summed E-state index contributed by atoms with van der Waals surface area (Å²) in [6.07, 6.45) is 0. The summed E-state index contributed by atoms with van der Waals surface area (Å²) in [7, 11) is -2.57. The zero-order valence-electron chi connectivity index (χ0n) is 40.7. The maximum Gasteiger partial charge on any atom is 0.180 e. The van der Waals surface area contributed by atoms with E-state index in [4.69, 9.17) is 14.4 Å². The number of rotatable bonds is 8. The van der Waals surface area contributed by atoms with E-state index in [1.807, 2.05) is 12.1 Å². The van der Waals surface area contributed by atoms with Gasteiger partial charge in [-0.3, -0.25) is 0 Å². The van der Waals surface area contributed by atoms with Gasteiger partial charge < -0.3 is 8.98 Å². The quantitative estimate of drug-likeness (QED) is 0.143. The first-order chi connectivity index (χ1) is 37.2. The van der Waals surface area contributed by atoms with Crippen molar-refractivity contribution in [3.8, 4) is 73.0 Å². The van der Waals surface area contributed by atoms with Gasteiger partial charge in [0.2, 0.25) is 0 Å². The Morgan fingerprint density at radius 2 is 0.747 bits per heavy atom. The van der Waals surface area contributed by atoms with Gasteiger partial charge in [0.05, 0.1) is 22.4 Å². The Morgan fingerprint density at radius 3 is 1.37 bits per heavy atom. The first kappa shape index (κ1) is 42.9. The molecule has 0 spiro atoms. The van der Waals surface area contributed by atoms with Crippen LogP contribution in [0.25, 0.3) is 117 Å². The monoisotopic (exact) mass is 971 g/mol. The van der Waals surface area contributed by atoms with Gasteiger partial charge >= 0.3 is 0 Å². The molecule has 4 nitrogen and oxygen atoms in total. The van der Waals surface area contributed by atoms with Gasteiger partial charge in [-0.15, -0.1) is 0 Å². The summed E-state index contributed by atoms with van der Waals surface area (Å²) in [5.41, 5.74) is 17.2. The van der Waals surface area contributed by atoms with Gasteiger partial charge in [0.25, 0.3) is 0 Å². The molecule has 3 aromatic heterocycles. The summed E-state index contributed by atoms with van der Waals surface area (Å²) in [5, 5.41) is 10.4. The van der Waals surface area contributed by atoms with Crippen LogP contribution in [0.5, 0.6) is 0 Å². The lowest BCUT2D eigenvalue weighted by atomic mass is 10.00. The third-order valence-electron chi connectivity index (χ3n) is 15.6. The van der Waals surface area contributed by atoms with E-state index in [-0.39, 0.29) is 0 Å². The fraction of sp³-hybridized carbons (Fsp3) is 0. The lowest BCUT2D eigenvalue weighted by Gasteiger charge is -2.31. The first-order valence-electron chi connectivity index (χ1n) is 25.6. The molecule has 0 atom stereocenters. The highest BCUT2D eigenvalue weighted by molar-refractivity contribution is 7.22. The molecule has 0 saturated carbocycles. The molecule has 0 N–H and O–H groups in total. The molecule has 0 unspecified atom stereocenters. The van der Waals surface area contributed by atoms with Crippen LogP contribution in [-0.4, -0.2) is 22.6 Å². The molecule has 5 heteroatoms. The van der Waals surface area contributed by atoms with Crippen molar-refractivity contribution in [1.82, 2.24) is 14.5 Å². The van der Waals surface area contributed by atoms with E-state index in [9.17, 15) is 0 Å². The van der Waals surface area contributed by atoms with Gasteiger partial charge in [-0.2, -0.15) is 0 Å². The molecule has 0 aliphatic carbocycles. The molecule has 0 amide bonds. The SMILES string of the molecule is c1ccc([Si]2(c3ccc(-c4ccc(-c5nc(-c6ccc(-c7ccc8oc9ccccc9c8c7)cc6)cc(-c6ccc(-n7c8ccccc8c8ccccc87)cc6)n5)cc4)cc3)c3ccccc3-c3ccccc32)cc1. The topological polar surface area (TPSA) is 43.9 Å². The van der Waals surface area contributed by atoms with Crippen LogP contribution in [0, 0.1) is 0 Å². The predicted molar refractivity (Wildman–Crippen MR) is 313 cm³/mol. The van der Waals surface area contributed by atoms with Crippen LogP contribution in [0.2, 0.25) is 0 Å². The van der Waals surface area contributed by atoms with E-state index in [1.165, 1.54) is 59.2 Å². The Kier molecular flexibility index (Phi) is 9.87. The number of benzene rings is 11. The Morgan fingerprint density at radius 1 is 0.307 bits per heavy atom. The number of fused-ring (bicyclic) bond motifs is 9. The average molecular weight is 972 g/mol. The van der Waals surface area contributed by atoms with Gasteiger partial charge in [-0.05, 0) is 103 Å². The molecular formula is C70H45N3OSi. The van der Waals surface area contributed by atoms with E-state index in [2.05, 4.69) is 265 Å². The second kappa shape index (κ2) is 17.2. The second-order valence-corrected chi connectivity index (χ2v) is 23.4. The molecule has 0 radical (unpaired) electrons. The van der Waals surface area contributed by atoms with Crippen molar-refractivity contribution in [3.63, 3.8) is 0 Å².